The minimum Gasteiger partial charge on any atom is -0.451 e. The van der Waals surface area contributed by atoms with E-state index < -0.39 is 0 Å². The first-order valence-electron chi connectivity index (χ1n) is 8.16. The van der Waals surface area contributed by atoms with Gasteiger partial charge in [0.15, 0.2) is 5.76 Å². The average molecular weight is 372 g/mol. The lowest BCUT2D eigenvalue weighted by atomic mass is 10.1. The number of hydrogen-bond donors (Lipinski definition) is 1. The van der Waals surface area contributed by atoms with E-state index in [1.54, 1.807) is 23.5 Å². The molecule has 0 fully saturated rings. The molecule has 130 valence electrons. The molecule has 0 unspecified atom stereocenters. The monoisotopic (exact) mass is 371 g/mol. The molecule has 0 spiro atoms. The van der Waals surface area contributed by atoms with Crippen LogP contribution in [0.3, 0.4) is 0 Å². The van der Waals surface area contributed by atoms with Crippen LogP contribution in [0.2, 0.25) is 0 Å². The summed E-state index contributed by atoms with van der Waals surface area (Å²) in [6.07, 6.45) is 2.03. The van der Waals surface area contributed by atoms with E-state index in [0.29, 0.717) is 12.3 Å². The number of para-hydroxylation sites is 1. The zero-order valence-corrected chi connectivity index (χ0v) is 16.0. The lowest BCUT2D eigenvalue weighted by Crippen LogP contribution is -2.26. The van der Waals surface area contributed by atoms with Gasteiger partial charge >= 0.3 is 0 Å². The van der Waals surface area contributed by atoms with Gasteiger partial charge in [-0.2, -0.15) is 11.8 Å². The van der Waals surface area contributed by atoms with Gasteiger partial charge in [-0.15, -0.1) is 11.8 Å². The van der Waals surface area contributed by atoms with Crippen molar-refractivity contribution in [3.63, 3.8) is 0 Å². The van der Waals surface area contributed by atoms with Crippen molar-refractivity contribution in [3.05, 3.63) is 65.4 Å². The highest BCUT2D eigenvalue weighted by atomic mass is 32.2. The predicted octanol–water partition coefficient (Wildman–Crippen LogP) is 5.13. The third-order valence-corrected chi connectivity index (χ3v) is 5.46. The zero-order chi connectivity index (χ0) is 17.6. The van der Waals surface area contributed by atoms with Crippen molar-refractivity contribution in [3.8, 4) is 0 Å². The fraction of sp³-hybridized carbons (Fsp3) is 0.250. The Balaban J connectivity index is 1.62. The molecule has 1 N–H and O–H groups in total. The number of benzene rings is 2. The van der Waals surface area contributed by atoms with Crippen LogP contribution in [0.15, 0.2) is 57.8 Å². The van der Waals surface area contributed by atoms with Crippen molar-refractivity contribution < 1.29 is 9.21 Å². The highest BCUT2D eigenvalue weighted by molar-refractivity contribution is 7.99. The number of hydrogen-bond acceptors (Lipinski definition) is 4. The first-order valence-corrected chi connectivity index (χ1v) is 10.5. The van der Waals surface area contributed by atoms with Crippen LogP contribution in [0.4, 0.5) is 0 Å². The van der Waals surface area contributed by atoms with Gasteiger partial charge < -0.3 is 9.73 Å². The largest absolute Gasteiger partial charge is 0.451 e. The summed E-state index contributed by atoms with van der Waals surface area (Å²) in [7, 11) is 0. The second-order valence-electron chi connectivity index (χ2n) is 5.76. The summed E-state index contributed by atoms with van der Waals surface area (Å²) in [5.74, 6) is 1.89. The highest BCUT2D eigenvalue weighted by Gasteiger charge is 2.19. The number of thioether (sulfide) groups is 2. The number of amides is 1. The Morgan fingerprint density at radius 3 is 2.64 bits per heavy atom. The van der Waals surface area contributed by atoms with Gasteiger partial charge in [0.05, 0.1) is 0 Å². The Labute approximate surface area is 156 Å². The minimum absolute atomic E-state index is 0.134. The van der Waals surface area contributed by atoms with E-state index in [1.165, 1.54) is 10.5 Å². The van der Waals surface area contributed by atoms with Crippen molar-refractivity contribution in [1.82, 2.24) is 5.32 Å². The summed E-state index contributed by atoms with van der Waals surface area (Å²) in [4.78, 5) is 13.8. The van der Waals surface area contributed by atoms with Crippen LogP contribution in [0.1, 0.15) is 21.7 Å². The van der Waals surface area contributed by atoms with Gasteiger partial charge in [-0.05, 0) is 31.4 Å². The molecule has 1 heterocycles. The number of furan rings is 1. The molecule has 25 heavy (non-hydrogen) atoms. The minimum atomic E-state index is -0.134. The summed E-state index contributed by atoms with van der Waals surface area (Å²) < 4.78 is 5.81. The smallest absolute Gasteiger partial charge is 0.287 e. The van der Waals surface area contributed by atoms with E-state index in [9.17, 15) is 4.79 Å². The molecule has 0 aliphatic heterocycles. The molecule has 0 saturated carbocycles. The van der Waals surface area contributed by atoms with Crippen molar-refractivity contribution in [1.29, 1.82) is 0 Å². The number of rotatable bonds is 7. The van der Waals surface area contributed by atoms with Gasteiger partial charge in [-0.25, -0.2) is 0 Å². The number of fused-ring (bicyclic) bond motifs is 1. The third kappa shape index (κ3) is 4.41. The Bertz CT molecular complexity index is 856. The Morgan fingerprint density at radius 1 is 1.12 bits per heavy atom. The summed E-state index contributed by atoms with van der Waals surface area (Å²) in [5, 5.41) is 4.00. The number of carbonyl (C=O) groups is 1. The van der Waals surface area contributed by atoms with E-state index in [2.05, 4.69) is 36.5 Å². The molecule has 0 radical (unpaired) electrons. The fourth-order valence-electron chi connectivity index (χ4n) is 2.62. The van der Waals surface area contributed by atoms with Crippen molar-refractivity contribution in [2.75, 3.05) is 18.6 Å². The van der Waals surface area contributed by atoms with Crippen molar-refractivity contribution in [2.24, 2.45) is 0 Å². The predicted molar refractivity (Wildman–Crippen MR) is 108 cm³/mol. The molecule has 0 saturated heterocycles. The van der Waals surface area contributed by atoms with Crippen LogP contribution < -0.4 is 5.32 Å². The van der Waals surface area contributed by atoms with E-state index in [-0.39, 0.29) is 5.91 Å². The van der Waals surface area contributed by atoms with Gasteiger partial charge in [0.25, 0.3) is 5.91 Å². The third-order valence-electron chi connectivity index (χ3n) is 3.87. The molecule has 2 aromatic carbocycles. The molecule has 5 heteroatoms. The lowest BCUT2D eigenvalue weighted by Gasteiger charge is -2.05. The van der Waals surface area contributed by atoms with Crippen molar-refractivity contribution in [2.45, 2.75) is 17.6 Å². The Kier molecular flexibility index (Phi) is 6.10. The summed E-state index contributed by atoms with van der Waals surface area (Å²) in [6.45, 7) is 2.68. The van der Waals surface area contributed by atoms with Gasteiger partial charge in [-0.3, -0.25) is 4.79 Å². The first-order chi connectivity index (χ1) is 12.2. The van der Waals surface area contributed by atoms with Crippen LogP contribution in [0.25, 0.3) is 11.0 Å². The molecule has 0 aliphatic carbocycles. The van der Waals surface area contributed by atoms with Crippen LogP contribution in [-0.4, -0.2) is 24.5 Å². The molecular weight excluding hydrogens is 350 g/mol. The SMILES string of the molecule is CSCc1c(C(=O)NCCSc2ccc(C)cc2)oc2ccccc12. The normalized spacial score (nSPS) is 11.0. The summed E-state index contributed by atoms with van der Waals surface area (Å²) >= 11 is 3.42. The van der Waals surface area contributed by atoms with Gasteiger partial charge in [0.1, 0.15) is 5.58 Å². The molecule has 1 amide bonds. The summed E-state index contributed by atoms with van der Waals surface area (Å²) in [6, 6.07) is 16.2. The molecule has 0 aliphatic rings. The molecule has 0 atom stereocenters. The van der Waals surface area contributed by atoms with E-state index >= 15 is 0 Å². The maximum Gasteiger partial charge on any atom is 0.287 e. The van der Waals surface area contributed by atoms with Gasteiger partial charge in [0.2, 0.25) is 0 Å². The lowest BCUT2D eigenvalue weighted by molar-refractivity contribution is 0.0930. The number of nitrogens with one attached hydrogen (secondary N) is 1. The van der Waals surface area contributed by atoms with Gasteiger partial charge in [0, 0.05) is 33.9 Å². The van der Waals surface area contributed by atoms with E-state index in [1.807, 2.05) is 30.5 Å². The average Bonchev–Trinajstić information content (AvgIpc) is 2.99. The topological polar surface area (TPSA) is 42.2 Å². The maximum absolute atomic E-state index is 12.5. The molecule has 3 aromatic rings. The fourth-order valence-corrected chi connectivity index (χ4v) is 3.96. The Morgan fingerprint density at radius 2 is 1.88 bits per heavy atom. The molecule has 3 rings (SSSR count). The summed E-state index contributed by atoms with van der Waals surface area (Å²) in [5.41, 5.74) is 3.00. The van der Waals surface area contributed by atoms with Crippen LogP contribution in [-0.2, 0) is 5.75 Å². The quantitative estimate of drug-likeness (QED) is 0.462. The van der Waals surface area contributed by atoms with Crippen molar-refractivity contribution >= 4 is 40.4 Å². The molecule has 0 bridgehead atoms. The van der Waals surface area contributed by atoms with Gasteiger partial charge in [-0.1, -0.05) is 35.9 Å². The second-order valence-corrected chi connectivity index (χ2v) is 7.79. The maximum atomic E-state index is 12.5. The van der Waals surface area contributed by atoms with Crippen LogP contribution in [0.5, 0.6) is 0 Å². The molecule has 3 nitrogen and oxygen atoms in total. The standard InChI is InChI=1S/C20H21NO2S2/c1-14-7-9-15(10-8-14)25-12-11-21-20(22)19-17(13-24-2)16-5-3-4-6-18(16)23-19/h3-10H,11-13H2,1-2H3,(H,21,22). The molecule has 1 aromatic heterocycles. The van der Waals surface area contributed by atoms with E-state index in [4.69, 9.17) is 4.42 Å². The van der Waals surface area contributed by atoms with Crippen LogP contribution >= 0.6 is 23.5 Å². The zero-order valence-electron chi connectivity index (χ0n) is 14.4. The molecular formula is C20H21NO2S2. The highest BCUT2D eigenvalue weighted by Crippen LogP contribution is 2.28. The number of carbonyl (C=O) groups excluding carboxylic acids is 1. The van der Waals surface area contributed by atoms with E-state index in [0.717, 1.165) is 28.0 Å². The second kappa shape index (κ2) is 8.50. The van der Waals surface area contributed by atoms with Crippen LogP contribution in [0, 0.1) is 6.92 Å². The first kappa shape index (κ1) is 18.0. The number of aryl methyl sites for hydroxylation is 1. The Hall–Kier alpha value is -1.85.